The molecule has 2 aromatic heterocycles. The van der Waals surface area contributed by atoms with Crippen LogP contribution in [0.25, 0.3) is 11.0 Å². The fraction of sp³-hybridized carbons (Fsp3) is 0.333. The van der Waals surface area contributed by atoms with E-state index in [1.807, 2.05) is 17.7 Å². The summed E-state index contributed by atoms with van der Waals surface area (Å²) < 4.78 is 41.8. The van der Waals surface area contributed by atoms with E-state index < -0.39 is 17.5 Å². The van der Waals surface area contributed by atoms with Crippen LogP contribution >= 0.6 is 0 Å². The number of nitrogens with two attached hydrogens (primary N) is 1. The van der Waals surface area contributed by atoms with Crippen LogP contribution in [0.3, 0.4) is 0 Å². The van der Waals surface area contributed by atoms with Gasteiger partial charge in [0.25, 0.3) is 0 Å². The van der Waals surface area contributed by atoms with Crippen LogP contribution in [0, 0.1) is 25.7 Å². The van der Waals surface area contributed by atoms with Crippen LogP contribution in [-0.4, -0.2) is 36.7 Å². The van der Waals surface area contributed by atoms with Crippen molar-refractivity contribution in [1.82, 2.24) is 19.7 Å². The quantitative estimate of drug-likeness (QED) is 0.264. The van der Waals surface area contributed by atoms with E-state index in [2.05, 4.69) is 21.8 Å². The van der Waals surface area contributed by atoms with Gasteiger partial charge in [-0.1, -0.05) is 30.2 Å². The number of nitrogens with zero attached hydrogens (tertiary/aromatic N) is 4. The van der Waals surface area contributed by atoms with Crippen molar-refractivity contribution in [1.29, 1.82) is 0 Å². The van der Waals surface area contributed by atoms with E-state index in [-0.39, 0.29) is 35.5 Å². The van der Waals surface area contributed by atoms with Gasteiger partial charge in [-0.05, 0) is 74.3 Å². The molecule has 1 aliphatic carbocycles. The lowest BCUT2D eigenvalue weighted by atomic mass is 9.93. The number of hydrogen-bond acceptors (Lipinski definition) is 6. The molecule has 0 saturated heterocycles. The Bertz CT molecular complexity index is 1660. The summed E-state index contributed by atoms with van der Waals surface area (Å²) in [4.78, 5) is 21.4. The molecule has 1 aliphatic rings. The monoisotopic (exact) mass is 547 g/mol. The zero-order chi connectivity index (χ0) is 28.6. The molecule has 4 aromatic rings. The summed E-state index contributed by atoms with van der Waals surface area (Å²) in [5.41, 5.74) is 8.62. The Kier molecular flexibility index (Phi) is 7.34. The molecule has 2 heterocycles. The van der Waals surface area contributed by atoms with E-state index in [9.17, 15) is 23.1 Å². The third-order valence-corrected chi connectivity index (χ3v) is 7.38. The van der Waals surface area contributed by atoms with Crippen LogP contribution in [0.5, 0.6) is 0 Å². The number of aliphatic hydroxyl groups is 1. The third-order valence-electron chi connectivity index (χ3n) is 7.38. The Balaban J connectivity index is 1.44. The second-order valence-corrected chi connectivity index (χ2v) is 10.2. The van der Waals surface area contributed by atoms with Gasteiger partial charge >= 0.3 is 6.18 Å². The molecule has 0 radical (unpaired) electrons. The highest BCUT2D eigenvalue weighted by Crippen LogP contribution is 2.33. The van der Waals surface area contributed by atoms with Crippen LogP contribution in [0.1, 0.15) is 75.6 Å². The number of aromatic nitrogens is 4. The number of carbonyl (C=O) groups is 1. The molecular weight excluding hydrogens is 519 g/mol. The molecule has 3 N–H and O–H groups in total. The number of rotatable bonds is 4. The van der Waals surface area contributed by atoms with Gasteiger partial charge in [0.2, 0.25) is 0 Å². The number of Topliss-reactive ketones (excluding diaryl/α,β-unsaturated/α-hetero) is 1. The molecule has 7 nitrogen and oxygen atoms in total. The van der Waals surface area contributed by atoms with Crippen molar-refractivity contribution in [3.63, 3.8) is 0 Å². The number of anilines is 1. The van der Waals surface area contributed by atoms with E-state index in [1.54, 1.807) is 12.1 Å². The Morgan fingerprint density at radius 2 is 1.77 bits per heavy atom. The summed E-state index contributed by atoms with van der Waals surface area (Å²) in [5, 5.41) is 15.2. The van der Waals surface area contributed by atoms with Crippen molar-refractivity contribution in [2.45, 2.75) is 64.3 Å². The molecule has 0 bridgehead atoms. The first-order valence-electron chi connectivity index (χ1n) is 13.0. The largest absolute Gasteiger partial charge is 0.416 e. The van der Waals surface area contributed by atoms with Gasteiger partial charge in [-0.3, -0.25) is 4.79 Å². The molecular formula is C30H28F3N5O2. The van der Waals surface area contributed by atoms with Gasteiger partial charge < -0.3 is 10.8 Å². The number of alkyl halides is 3. The van der Waals surface area contributed by atoms with E-state index in [0.29, 0.717) is 40.7 Å². The van der Waals surface area contributed by atoms with Gasteiger partial charge in [0.05, 0.1) is 23.1 Å². The molecule has 5 rings (SSSR count). The maximum atomic E-state index is 13.3. The highest BCUT2D eigenvalue weighted by Gasteiger charge is 2.33. The topological polar surface area (TPSA) is 107 Å². The zero-order valence-corrected chi connectivity index (χ0v) is 22.1. The first-order chi connectivity index (χ1) is 19.0. The summed E-state index contributed by atoms with van der Waals surface area (Å²) in [6, 6.07) is 9.06. The second-order valence-electron chi connectivity index (χ2n) is 10.2. The van der Waals surface area contributed by atoms with Crippen LogP contribution in [0.15, 0.2) is 42.7 Å². The minimum atomic E-state index is -4.53. The Hall–Kier alpha value is -4.23. The number of fused-ring (bicyclic) bond motifs is 1. The van der Waals surface area contributed by atoms with E-state index in [1.165, 1.54) is 25.4 Å². The number of ketones is 1. The van der Waals surface area contributed by atoms with Crippen LogP contribution in [0.4, 0.5) is 19.0 Å². The minimum Gasteiger partial charge on any atom is -0.393 e. The average molecular weight is 548 g/mol. The maximum Gasteiger partial charge on any atom is 0.416 e. The first kappa shape index (κ1) is 27.3. The Labute approximate surface area is 229 Å². The minimum absolute atomic E-state index is 0.00819. The van der Waals surface area contributed by atoms with Crippen molar-refractivity contribution in [2.75, 3.05) is 5.73 Å². The van der Waals surface area contributed by atoms with E-state index >= 15 is 0 Å². The molecule has 0 amide bonds. The summed E-state index contributed by atoms with van der Waals surface area (Å²) >= 11 is 0. The predicted molar refractivity (Wildman–Crippen MR) is 145 cm³/mol. The standard InChI is InChI=1S/C30H28F3N5O2/c1-17-3-5-19(14-26(40)21-6-4-18(2)24(15-21)30(31,32)33)13-20(17)7-12-25-27-28(34)35-16-36-29(27)38(37-25)22-8-10-23(39)11-9-22/h3-6,13,15-16,22-23,39H,8-11,14H2,1-2H3,(H2,34,35,36). The number of nitrogen functional groups attached to an aromatic ring is 1. The number of aliphatic hydroxyl groups excluding tert-OH is 1. The molecule has 0 atom stereocenters. The number of halogens is 3. The van der Waals surface area contributed by atoms with Gasteiger partial charge in [-0.2, -0.15) is 18.3 Å². The Morgan fingerprint density at radius 1 is 1.05 bits per heavy atom. The number of benzene rings is 2. The second kappa shape index (κ2) is 10.7. The summed E-state index contributed by atoms with van der Waals surface area (Å²) in [5.74, 6) is 6.07. The van der Waals surface area contributed by atoms with Crippen LogP contribution < -0.4 is 5.73 Å². The molecule has 0 aliphatic heterocycles. The van der Waals surface area contributed by atoms with Gasteiger partial charge in [0, 0.05) is 17.5 Å². The average Bonchev–Trinajstić information content (AvgIpc) is 3.29. The normalized spacial score (nSPS) is 17.4. The molecule has 40 heavy (non-hydrogen) atoms. The molecule has 1 fully saturated rings. The van der Waals surface area contributed by atoms with Crippen molar-refractivity contribution < 1.29 is 23.1 Å². The summed E-state index contributed by atoms with van der Waals surface area (Å²) in [6.07, 6.45) is -0.641. The zero-order valence-electron chi connectivity index (χ0n) is 22.1. The first-order valence-corrected chi connectivity index (χ1v) is 13.0. The highest BCUT2D eigenvalue weighted by atomic mass is 19.4. The molecule has 10 heteroatoms. The molecule has 0 unspecified atom stereocenters. The van der Waals surface area contributed by atoms with Crippen molar-refractivity contribution in [3.05, 3.63) is 81.8 Å². The van der Waals surface area contributed by atoms with Gasteiger partial charge in [0.1, 0.15) is 17.8 Å². The van der Waals surface area contributed by atoms with Crippen molar-refractivity contribution in [2.24, 2.45) is 0 Å². The third kappa shape index (κ3) is 5.56. The lowest BCUT2D eigenvalue weighted by Crippen LogP contribution is -2.22. The molecule has 0 spiro atoms. The van der Waals surface area contributed by atoms with Gasteiger partial charge in [-0.25, -0.2) is 14.6 Å². The fourth-order valence-electron chi connectivity index (χ4n) is 5.07. The number of carbonyl (C=O) groups excluding carboxylic acids is 1. The van der Waals surface area contributed by atoms with Gasteiger partial charge in [0.15, 0.2) is 11.4 Å². The summed E-state index contributed by atoms with van der Waals surface area (Å²) in [6.45, 7) is 3.25. The van der Waals surface area contributed by atoms with E-state index in [4.69, 9.17) is 10.8 Å². The fourth-order valence-corrected chi connectivity index (χ4v) is 5.07. The molecule has 1 saturated carbocycles. The highest BCUT2D eigenvalue weighted by molar-refractivity contribution is 5.98. The van der Waals surface area contributed by atoms with E-state index in [0.717, 1.165) is 24.5 Å². The van der Waals surface area contributed by atoms with Crippen molar-refractivity contribution in [3.8, 4) is 11.8 Å². The lowest BCUT2D eigenvalue weighted by molar-refractivity contribution is -0.138. The smallest absolute Gasteiger partial charge is 0.393 e. The molecule has 2 aromatic carbocycles. The molecule has 206 valence electrons. The SMILES string of the molecule is Cc1ccc(CC(=O)c2ccc(C)c(C(F)(F)F)c2)cc1C#Cc1nn(C2CCC(O)CC2)c2ncnc(N)c12. The summed E-state index contributed by atoms with van der Waals surface area (Å²) in [7, 11) is 0. The lowest BCUT2D eigenvalue weighted by Gasteiger charge is -2.25. The van der Waals surface area contributed by atoms with Gasteiger partial charge in [-0.15, -0.1) is 0 Å². The van der Waals surface area contributed by atoms with Crippen LogP contribution in [-0.2, 0) is 12.6 Å². The number of hydrogen-bond donors (Lipinski definition) is 2. The van der Waals surface area contributed by atoms with Crippen molar-refractivity contribution >= 4 is 22.6 Å². The Morgan fingerprint density at radius 3 is 2.50 bits per heavy atom. The van der Waals surface area contributed by atoms with Crippen LogP contribution in [0.2, 0.25) is 0 Å². The maximum absolute atomic E-state index is 13.3. The predicted octanol–water partition coefficient (Wildman–Crippen LogP) is 5.35. The number of aryl methyl sites for hydroxylation is 2.